The maximum absolute atomic E-state index is 6.32. The molecule has 0 bridgehead atoms. The van der Waals surface area contributed by atoms with E-state index < -0.39 is 0 Å². The van der Waals surface area contributed by atoms with Crippen LogP contribution in [0.4, 0.5) is 0 Å². The van der Waals surface area contributed by atoms with Crippen LogP contribution in [0.5, 0.6) is 0 Å². The Morgan fingerprint density at radius 2 is 2.05 bits per heavy atom. The van der Waals surface area contributed by atoms with Gasteiger partial charge in [-0.25, -0.2) is 0 Å². The Kier molecular flexibility index (Phi) is 3.66. The Morgan fingerprint density at radius 1 is 1.26 bits per heavy atom. The Balaban J connectivity index is 1.94. The van der Waals surface area contributed by atoms with Crippen LogP contribution in [0.1, 0.15) is 29.3 Å². The SMILES string of the molecule is CNC(c1ccc(-c2cc(C)ccc2Cl)s1)C1CC1. The van der Waals surface area contributed by atoms with E-state index in [4.69, 9.17) is 11.6 Å². The van der Waals surface area contributed by atoms with Crippen LogP contribution in [-0.2, 0) is 0 Å². The predicted octanol–water partition coefficient (Wildman–Crippen LogP) is 5.05. The number of hydrogen-bond acceptors (Lipinski definition) is 2. The molecule has 3 rings (SSSR count). The van der Waals surface area contributed by atoms with E-state index in [9.17, 15) is 0 Å². The number of thiophene rings is 1. The van der Waals surface area contributed by atoms with Crippen molar-refractivity contribution in [3.8, 4) is 10.4 Å². The van der Waals surface area contributed by atoms with E-state index in [2.05, 4.69) is 43.6 Å². The van der Waals surface area contributed by atoms with Gasteiger partial charge in [0.1, 0.15) is 0 Å². The van der Waals surface area contributed by atoms with Gasteiger partial charge in [-0.15, -0.1) is 11.3 Å². The number of halogens is 1. The second-order valence-corrected chi connectivity index (χ2v) is 6.81. The van der Waals surface area contributed by atoms with Gasteiger partial charge in [-0.1, -0.05) is 23.2 Å². The fourth-order valence-corrected chi connectivity index (χ4v) is 4.05. The molecule has 1 nitrogen and oxygen atoms in total. The molecule has 0 aliphatic heterocycles. The summed E-state index contributed by atoms with van der Waals surface area (Å²) in [5.74, 6) is 0.824. The Bertz CT molecular complexity index is 586. The quantitative estimate of drug-likeness (QED) is 0.831. The summed E-state index contributed by atoms with van der Waals surface area (Å²) < 4.78 is 0. The lowest BCUT2D eigenvalue weighted by atomic mass is 10.1. The second-order valence-electron chi connectivity index (χ2n) is 5.29. The van der Waals surface area contributed by atoms with E-state index in [1.165, 1.54) is 28.2 Å². The van der Waals surface area contributed by atoms with Gasteiger partial charge in [0, 0.05) is 26.4 Å². The van der Waals surface area contributed by atoms with Crippen molar-refractivity contribution < 1.29 is 0 Å². The zero-order valence-corrected chi connectivity index (χ0v) is 12.8. The summed E-state index contributed by atoms with van der Waals surface area (Å²) in [4.78, 5) is 2.70. The van der Waals surface area contributed by atoms with Crippen LogP contribution in [0.3, 0.4) is 0 Å². The van der Waals surface area contributed by atoms with Gasteiger partial charge < -0.3 is 5.32 Å². The van der Waals surface area contributed by atoms with E-state index in [1.54, 1.807) is 0 Å². The third kappa shape index (κ3) is 2.71. The number of nitrogens with one attached hydrogen (secondary N) is 1. The first kappa shape index (κ1) is 13.2. The number of benzene rings is 1. The lowest BCUT2D eigenvalue weighted by molar-refractivity contribution is 0.537. The van der Waals surface area contributed by atoms with E-state index in [-0.39, 0.29) is 0 Å². The summed E-state index contributed by atoms with van der Waals surface area (Å²) in [6.07, 6.45) is 2.70. The van der Waals surface area contributed by atoms with Gasteiger partial charge in [0.05, 0.1) is 0 Å². The molecule has 19 heavy (non-hydrogen) atoms. The largest absolute Gasteiger partial charge is 0.312 e. The molecule has 1 aliphatic carbocycles. The molecule has 1 heterocycles. The van der Waals surface area contributed by atoms with Gasteiger partial charge in [0.25, 0.3) is 0 Å². The lowest BCUT2D eigenvalue weighted by Crippen LogP contribution is -2.16. The highest BCUT2D eigenvalue weighted by Crippen LogP contribution is 2.44. The van der Waals surface area contributed by atoms with Crippen LogP contribution in [0.2, 0.25) is 5.02 Å². The molecular weight excluding hydrogens is 274 g/mol. The molecule has 0 spiro atoms. The van der Waals surface area contributed by atoms with E-state index >= 15 is 0 Å². The van der Waals surface area contributed by atoms with Gasteiger partial charge >= 0.3 is 0 Å². The number of rotatable bonds is 4. The first-order valence-corrected chi connectivity index (χ1v) is 7.92. The zero-order chi connectivity index (χ0) is 13.4. The van der Waals surface area contributed by atoms with Crippen molar-refractivity contribution in [1.82, 2.24) is 5.32 Å². The van der Waals surface area contributed by atoms with E-state index in [0.717, 1.165) is 16.5 Å². The van der Waals surface area contributed by atoms with Crippen LogP contribution in [0.15, 0.2) is 30.3 Å². The van der Waals surface area contributed by atoms with Crippen LogP contribution in [-0.4, -0.2) is 7.05 Å². The van der Waals surface area contributed by atoms with Crippen molar-refractivity contribution in [1.29, 1.82) is 0 Å². The van der Waals surface area contributed by atoms with Gasteiger partial charge in [-0.05, 0) is 57.0 Å². The van der Waals surface area contributed by atoms with Crippen molar-refractivity contribution in [3.63, 3.8) is 0 Å². The van der Waals surface area contributed by atoms with E-state index in [0.29, 0.717) is 6.04 Å². The van der Waals surface area contributed by atoms with Gasteiger partial charge in [0.15, 0.2) is 0 Å². The lowest BCUT2D eigenvalue weighted by Gasteiger charge is -2.12. The van der Waals surface area contributed by atoms with E-state index in [1.807, 2.05) is 17.4 Å². The first-order valence-electron chi connectivity index (χ1n) is 6.72. The van der Waals surface area contributed by atoms with Crippen molar-refractivity contribution in [2.75, 3.05) is 7.05 Å². The third-order valence-corrected chi connectivity index (χ3v) is 5.26. The topological polar surface area (TPSA) is 12.0 Å². The zero-order valence-electron chi connectivity index (χ0n) is 11.2. The van der Waals surface area contributed by atoms with Crippen molar-refractivity contribution in [3.05, 3.63) is 45.8 Å². The Labute approximate surface area is 123 Å². The highest BCUT2D eigenvalue weighted by Gasteiger charge is 2.32. The average molecular weight is 292 g/mol. The van der Waals surface area contributed by atoms with Crippen molar-refractivity contribution >= 4 is 22.9 Å². The maximum Gasteiger partial charge on any atom is 0.0492 e. The van der Waals surface area contributed by atoms with Crippen molar-refractivity contribution in [2.24, 2.45) is 5.92 Å². The second kappa shape index (κ2) is 5.28. The average Bonchev–Trinajstić information content (AvgIpc) is 3.11. The summed E-state index contributed by atoms with van der Waals surface area (Å²) in [5.41, 5.74) is 2.41. The number of aryl methyl sites for hydroxylation is 1. The summed E-state index contributed by atoms with van der Waals surface area (Å²) in [5, 5.41) is 4.29. The third-order valence-electron chi connectivity index (χ3n) is 3.73. The van der Waals surface area contributed by atoms with Gasteiger partial charge in [-0.2, -0.15) is 0 Å². The molecule has 1 aliphatic rings. The summed E-state index contributed by atoms with van der Waals surface area (Å²) in [7, 11) is 2.06. The van der Waals surface area contributed by atoms with Crippen LogP contribution in [0.25, 0.3) is 10.4 Å². The van der Waals surface area contributed by atoms with Crippen LogP contribution >= 0.6 is 22.9 Å². The minimum atomic E-state index is 0.516. The molecule has 1 atom stereocenters. The molecule has 1 fully saturated rings. The van der Waals surface area contributed by atoms with Crippen LogP contribution < -0.4 is 5.32 Å². The molecule has 1 aromatic heterocycles. The molecule has 3 heteroatoms. The summed E-state index contributed by atoms with van der Waals surface area (Å²) in [6, 6.07) is 11.2. The maximum atomic E-state index is 6.32. The molecular formula is C16H18ClNS. The number of hydrogen-bond donors (Lipinski definition) is 1. The molecule has 100 valence electrons. The highest BCUT2D eigenvalue weighted by molar-refractivity contribution is 7.15. The molecule has 0 radical (unpaired) electrons. The fraction of sp³-hybridized carbons (Fsp3) is 0.375. The predicted molar refractivity (Wildman–Crippen MR) is 84.0 cm³/mol. The van der Waals surface area contributed by atoms with Gasteiger partial charge in [-0.3, -0.25) is 0 Å². The molecule has 0 amide bonds. The highest BCUT2D eigenvalue weighted by atomic mass is 35.5. The molecule has 0 saturated heterocycles. The van der Waals surface area contributed by atoms with Crippen molar-refractivity contribution in [2.45, 2.75) is 25.8 Å². The minimum Gasteiger partial charge on any atom is -0.312 e. The standard InChI is InChI=1S/C16H18ClNS/c1-10-3-6-13(17)12(9-10)14-7-8-15(19-14)16(18-2)11-4-5-11/h3,6-9,11,16,18H,4-5H2,1-2H3. The summed E-state index contributed by atoms with van der Waals surface area (Å²) in [6.45, 7) is 2.11. The Hall–Kier alpha value is -0.830. The monoisotopic (exact) mass is 291 g/mol. The minimum absolute atomic E-state index is 0.516. The molecule has 1 aromatic carbocycles. The molecule has 1 saturated carbocycles. The molecule has 1 N–H and O–H groups in total. The fourth-order valence-electron chi connectivity index (χ4n) is 2.53. The summed E-state index contributed by atoms with van der Waals surface area (Å²) >= 11 is 8.18. The smallest absolute Gasteiger partial charge is 0.0492 e. The Morgan fingerprint density at radius 3 is 2.74 bits per heavy atom. The normalized spacial score (nSPS) is 16.6. The molecule has 2 aromatic rings. The van der Waals surface area contributed by atoms with Gasteiger partial charge in [0.2, 0.25) is 0 Å². The first-order chi connectivity index (χ1) is 9.19. The van der Waals surface area contributed by atoms with Crippen LogP contribution in [0, 0.1) is 12.8 Å². The molecule has 1 unspecified atom stereocenters.